The van der Waals surface area contributed by atoms with Gasteiger partial charge in [0.1, 0.15) is 12.4 Å². The van der Waals surface area contributed by atoms with Gasteiger partial charge in [-0.15, -0.1) is 0 Å². The van der Waals surface area contributed by atoms with Gasteiger partial charge in [-0.3, -0.25) is 4.98 Å². The van der Waals surface area contributed by atoms with Crippen LogP contribution in [0.3, 0.4) is 0 Å². The molecule has 1 saturated heterocycles. The van der Waals surface area contributed by atoms with Gasteiger partial charge >= 0.3 is 5.97 Å². The first-order valence-corrected chi connectivity index (χ1v) is 11.8. The van der Waals surface area contributed by atoms with Crippen molar-refractivity contribution in [3.63, 3.8) is 0 Å². The van der Waals surface area contributed by atoms with Gasteiger partial charge in [-0.1, -0.05) is 26.8 Å². The second-order valence-corrected chi connectivity index (χ2v) is 9.70. The van der Waals surface area contributed by atoms with Crippen LogP contribution in [-0.2, 0) is 5.41 Å². The molecule has 3 aromatic rings. The van der Waals surface area contributed by atoms with Gasteiger partial charge in [0.05, 0.1) is 17.9 Å². The van der Waals surface area contributed by atoms with Crippen molar-refractivity contribution in [2.45, 2.75) is 39.0 Å². The van der Waals surface area contributed by atoms with E-state index in [2.05, 4.69) is 48.9 Å². The number of nitrogens with zero attached hydrogens (tertiary/aromatic N) is 2. The topological polar surface area (TPSA) is 82.9 Å². The Balaban J connectivity index is 1.80. The van der Waals surface area contributed by atoms with Crippen LogP contribution in [0.25, 0.3) is 22.4 Å². The number of hydrogen-bond donors (Lipinski definition) is 2. The summed E-state index contributed by atoms with van der Waals surface area (Å²) >= 11 is 0. The minimum Gasteiger partial charge on any atom is -0.491 e. The molecule has 2 aromatic carbocycles. The van der Waals surface area contributed by atoms with Gasteiger partial charge in [0, 0.05) is 36.1 Å². The molecule has 0 radical (unpaired) electrons. The third-order valence-electron chi connectivity index (χ3n) is 6.20. The molecule has 1 aromatic heterocycles. The van der Waals surface area contributed by atoms with Gasteiger partial charge in [0.15, 0.2) is 0 Å². The van der Waals surface area contributed by atoms with E-state index in [1.807, 2.05) is 18.2 Å². The van der Waals surface area contributed by atoms with Crippen molar-refractivity contribution in [2.24, 2.45) is 0 Å². The summed E-state index contributed by atoms with van der Waals surface area (Å²) in [5.74, 6) is -0.311. The van der Waals surface area contributed by atoms with Crippen molar-refractivity contribution < 1.29 is 19.7 Å². The highest BCUT2D eigenvalue weighted by atomic mass is 16.5. The number of carboxylic acid groups (broad SMARTS) is 1. The van der Waals surface area contributed by atoms with Gasteiger partial charge in [0.25, 0.3) is 0 Å². The van der Waals surface area contributed by atoms with Gasteiger partial charge in [0.2, 0.25) is 0 Å². The Bertz CT molecular complexity index is 1160. The van der Waals surface area contributed by atoms with E-state index >= 15 is 0 Å². The number of benzene rings is 2. The number of rotatable bonds is 7. The largest absolute Gasteiger partial charge is 0.491 e. The predicted octanol–water partition coefficient (Wildman–Crippen LogP) is 5.38. The lowest BCUT2D eigenvalue weighted by molar-refractivity contribution is 0.0696. The lowest BCUT2D eigenvalue weighted by Gasteiger charge is -2.29. The number of aliphatic hydroxyl groups excluding tert-OH is 1. The molecule has 1 aliphatic heterocycles. The molecule has 2 N–H and O–H groups in total. The summed E-state index contributed by atoms with van der Waals surface area (Å²) in [4.78, 5) is 18.0. The van der Waals surface area contributed by atoms with E-state index in [1.165, 1.54) is 30.3 Å². The third-order valence-corrected chi connectivity index (χ3v) is 6.20. The third kappa shape index (κ3) is 5.07. The molecular formula is C28H32N2O4. The number of aromatic carboxylic acids is 1. The zero-order valence-electron chi connectivity index (χ0n) is 20.0. The molecule has 4 rings (SSSR count). The fourth-order valence-corrected chi connectivity index (χ4v) is 4.43. The van der Waals surface area contributed by atoms with Crippen LogP contribution in [0.15, 0.2) is 54.7 Å². The highest BCUT2D eigenvalue weighted by Crippen LogP contribution is 2.40. The molecule has 178 valence electrons. The zero-order chi connectivity index (χ0) is 24.3. The first-order chi connectivity index (χ1) is 16.3. The number of hydrogen-bond acceptors (Lipinski definition) is 5. The zero-order valence-corrected chi connectivity index (χ0v) is 20.0. The van der Waals surface area contributed by atoms with Crippen molar-refractivity contribution >= 4 is 11.7 Å². The number of aliphatic hydroxyl groups is 1. The normalized spacial score (nSPS) is 13.8. The average molecular weight is 461 g/mol. The first-order valence-electron chi connectivity index (χ1n) is 11.8. The lowest BCUT2D eigenvalue weighted by atomic mass is 9.83. The van der Waals surface area contributed by atoms with Crippen molar-refractivity contribution in [1.82, 2.24) is 4.98 Å². The van der Waals surface area contributed by atoms with E-state index < -0.39 is 5.97 Å². The molecular weight excluding hydrogens is 428 g/mol. The SMILES string of the molecule is CC(C)(C)c1cc(-c2cc(-c3ccc(C(=O)O)cn3)ccc2OCCO)ccc1N1CCCC1. The quantitative estimate of drug-likeness (QED) is 0.492. The Kier molecular flexibility index (Phi) is 6.89. The van der Waals surface area contributed by atoms with E-state index in [-0.39, 0.29) is 24.2 Å². The molecule has 1 fully saturated rings. The summed E-state index contributed by atoms with van der Waals surface area (Å²) in [7, 11) is 0. The van der Waals surface area contributed by atoms with Crippen LogP contribution in [0.4, 0.5) is 5.69 Å². The number of pyridine rings is 1. The van der Waals surface area contributed by atoms with Crippen LogP contribution >= 0.6 is 0 Å². The Labute approximate surface area is 200 Å². The number of aromatic nitrogens is 1. The molecule has 0 unspecified atom stereocenters. The summed E-state index contributed by atoms with van der Waals surface area (Å²) in [5, 5.41) is 18.5. The van der Waals surface area contributed by atoms with Gasteiger partial charge in [-0.05, 0) is 71.8 Å². The standard InChI is InChI=1S/C28H32N2O4/c1-28(2,3)23-17-19(7-10-25(23)30-12-4-5-13-30)22-16-20(8-11-26(22)34-15-14-31)24-9-6-21(18-29-24)27(32)33/h6-11,16-18,31H,4-5,12-15H2,1-3H3,(H,32,33). The highest BCUT2D eigenvalue weighted by Gasteiger charge is 2.24. The van der Waals surface area contributed by atoms with Gasteiger partial charge in [-0.2, -0.15) is 0 Å². The lowest BCUT2D eigenvalue weighted by Crippen LogP contribution is -2.23. The van der Waals surface area contributed by atoms with Crippen LogP contribution in [-0.4, -0.2) is 47.5 Å². The Morgan fingerprint density at radius 3 is 2.38 bits per heavy atom. The maximum atomic E-state index is 11.2. The van der Waals surface area contributed by atoms with Crippen molar-refractivity contribution in [1.29, 1.82) is 0 Å². The number of ether oxygens (including phenoxy) is 1. The van der Waals surface area contributed by atoms with Crippen molar-refractivity contribution in [3.05, 3.63) is 65.9 Å². The molecule has 0 saturated carbocycles. The van der Waals surface area contributed by atoms with E-state index in [4.69, 9.17) is 4.74 Å². The fourth-order valence-electron chi connectivity index (χ4n) is 4.43. The second kappa shape index (κ2) is 9.85. The van der Waals surface area contributed by atoms with Gasteiger partial charge in [-0.25, -0.2) is 4.79 Å². The average Bonchev–Trinajstić information content (AvgIpc) is 3.37. The van der Waals surface area contributed by atoms with E-state index in [0.29, 0.717) is 11.4 Å². The van der Waals surface area contributed by atoms with Crippen molar-refractivity contribution in [2.75, 3.05) is 31.2 Å². The molecule has 0 amide bonds. The minimum atomic E-state index is -1.000. The molecule has 2 heterocycles. The van der Waals surface area contributed by atoms with Crippen LogP contribution in [0.1, 0.15) is 49.5 Å². The van der Waals surface area contributed by atoms with Crippen molar-refractivity contribution in [3.8, 4) is 28.1 Å². The van der Waals surface area contributed by atoms with E-state index in [1.54, 1.807) is 12.1 Å². The summed E-state index contributed by atoms with van der Waals surface area (Å²) in [6.07, 6.45) is 3.82. The monoisotopic (exact) mass is 460 g/mol. The highest BCUT2D eigenvalue weighted by molar-refractivity contribution is 5.87. The molecule has 0 spiro atoms. The molecule has 0 aliphatic carbocycles. The Hall–Kier alpha value is -3.38. The summed E-state index contributed by atoms with van der Waals surface area (Å²) in [6, 6.07) is 15.7. The number of carbonyl (C=O) groups is 1. The fraction of sp³-hybridized carbons (Fsp3) is 0.357. The number of carboxylic acids is 1. The van der Waals surface area contributed by atoms with Crippen LogP contribution in [0, 0.1) is 0 Å². The summed E-state index contributed by atoms with van der Waals surface area (Å²) in [5.41, 5.74) is 6.18. The minimum absolute atomic E-state index is 0.0358. The predicted molar refractivity (Wildman–Crippen MR) is 135 cm³/mol. The maximum Gasteiger partial charge on any atom is 0.337 e. The Morgan fingerprint density at radius 2 is 1.76 bits per heavy atom. The van der Waals surface area contributed by atoms with E-state index in [0.717, 1.165) is 29.8 Å². The first kappa shape index (κ1) is 23.8. The van der Waals surface area contributed by atoms with Crippen LogP contribution < -0.4 is 9.64 Å². The molecule has 6 nitrogen and oxygen atoms in total. The van der Waals surface area contributed by atoms with Crippen LogP contribution in [0.5, 0.6) is 5.75 Å². The maximum absolute atomic E-state index is 11.2. The number of anilines is 1. The molecule has 0 atom stereocenters. The Morgan fingerprint density at radius 1 is 1.03 bits per heavy atom. The van der Waals surface area contributed by atoms with Crippen LogP contribution in [0.2, 0.25) is 0 Å². The van der Waals surface area contributed by atoms with E-state index in [9.17, 15) is 15.0 Å². The second-order valence-electron chi connectivity index (χ2n) is 9.70. The molecule has 34 heavy (non-hydrogen) atoms. The molecule has 1 aliphatic rings. The molecule has 6 heteroatoms. The summed E-state index contributed by atoms with van der Waals surface area (Å²) in [6.45, 7) is 9.01. The molecule has 0 bridgehead atoms. The smallest absolute Gasteiger partial charge is 0.337 e. The summed E-state index contributed by atoms with van der Waals surface area (Å²) < 4.78 is 5.88. The van der Waals surface area contributed by atoms with Gasteiger partial charge < -0.3 is 19.8 Å².